The lowest BCUT2D eigenvalue weighted by atomic mass is 9.92. The normalized spacial score (nSPS) is 14.8. The summed E-state index contributed by atoms with van der Waals surface area (Å²) >= 11 is 0. The van der Waals surface area contributed by atoms with Crippen molar-refractivity contribution < 1.29 is 19.1 Å². The van der Waals surface area contributed by atoms with E-state index in [4.69, 9.17) is 0 Å². The first-order valence-corrected chi connectivity index (χ1v) is 12.4. The van der Waals surface area contributed by atoms with Crippen molar-refractivity contribution in [2.45, 2.75) is 31.8 Å². The Morgan fingerprint density at radius 3 is 2.30 bits per heavy atom. The van der Waals surface area contributed by atoms with E-state index in [2.05, 4.69) is 15.6 Å². The van der Waals surface area contributed by atoms with E-state index in [0.29, 0.717) is 41.0 Å². The molecule has 4 N–H and O–H groups in total. The van der Waals surface area contributed by atoms with Gasteiger partial charge in [-0.05, 0) is 42.2 Å². The Kier molecular flexibility index (Phi) is 6.21. The number of carbonyl (C=O) groups is 1. The van der Waals surface area contributed by atoms with E-state index in [9.17, 15) is 19.1 Å². The minimum atomic E-state index is -4.34. The van der Waals surface area contributed by atoms with Crippen molar-refractivity contribution in [3.05, 3.63) is 84.2 Å². The second kappa shape index (κ2) is 8.94. The lowest BCUT2D eigenvalue weighted by Crippen LogP contribution is -2.24. The average Bonchev–Trinajstić information content (AvgIpc) is 3.13. The van der Waals surface area contributed by atoms with Gasteiger partial charge in [0.05, 0.1) is 10.7 Å². The average molecular weight is 463 g/mol. The van der Waals surface area contributed by atoms with Gasteiger partial charge in [-0.2, -0.15) is 0 Å². The Morgan fingerprint density at radius 2 is 1.70 bits per heavy atom. The van der Waals surface area contributed by atoms with Crippen LogP contribution in [0, 0.1) is 0 Å². The lowest BCUT2D eigenvalue weighted by molar-refractivity contribution is -0.110. The first-order valence-electron chi connectivity index (χ1n) is 10.8. The number of benzene rings is 2. The summed E-state index contributed by atoms with van der Waals surface area (Å²) in [6.45, 7) is 3.57. The summed E-state index contributed by atoms with van der Waals surface area (Å²) in [5.74, 6) is 0.268. The highest BCUT2D eigenvalue weighted by Crippen LogP contribution is 2.60. The zero-order chi connectivity index (χ0) is 23.6. The van der Waals surface area contributed by atoms with Crippen LogP contribution in [0.3, 0.4) is 0 Å². The van der Waals surface area contributed by atoms with Crippen molar-refractivity contribution in [1.29, 1.82) is 0 Å². The van der Waals surface area contributed by atoms with E-state index in [1.165, 1.54) is 0 Å². The molecule has 1 aliphatic rings. The van der Waals surface area contributed by atoms with Crippen LogP contribution in [0.15, 0.2) is 73.1 Å². The number of fused-ring (bicyclic) bond motifs is 1. The number of rotatable bonds is 7. The highest BCUT2D eigenvalue weighted by atomic mass is 31.2. The first kappa shape index (κ1) is 22.9. The molecule has 0 spiro atoms. The smallest absolute Gasteiger partial charge is 0.335 e. The molecule has 0 fully saturated rings. The van der Waals surface area contributed by atoms with Crippen molar-refractivity contribution in [3.63, 3.8) is 0 Å². The van der Waals surface area contributed by atoms with Crippen LogP contribution in [-0.2, 0) is 14.5 Å². The van der Waals surface area contributed by atoms with Gasteiger partial charge in [-0.1, -0.05) is 56.3 Å². The van der Waals surface area contributed by atoms with Crippen molar-refractivity contribution >= 4 is 30.6 Å². The molecule has 7 nitrogen and oxygen atoms in total. The van der Waals surface area contributed by atoms with E-state index in [1.807, 2.05) is 36.4 Å². The molecule has 0 unspecified atom stereocenters. The Bertz CT molecular complexity index is 1250. The maximum absolute atomic E-state index is 12.5. The van der Waals surface area contributed by atoms with Gasteiger partial charge in [-0.3, -0.25) is 9.36 Å². The van der Waals surface area contributed by atoms with Crippen molar-refractivity contribution in [3.8, 4) is 11.1 Å². The predicted molar refractivity (Wildman–Crippen MR) is 131 cm³/mol. The summed E-state index contributed by atoms with van der Waals surface area (Å²) in [5.41, 5.74) is 4.39. The summed E-state index contributed by atoms with van der Waals surface area (Å²) < 4.78 is 12.2. The molecular formula is C25H26N3O4P. The maximum atomic E-state index is 12.5. The monoisotopic (exact) mass is 463 g/mol. The Balaban J connectivity index is 1.61. The number of nitrogens with one attached hydrogen (secondary N) is 2. The van der Waals surface area contributed by atoms with Gasteiger partial charge in [-0.25, -0.2) is 4.98 Å². The van der Waals surface area contributed by atoms with Gasteiger partial charge >= 0.3 is 7.60 Å². The highest BCUT2D eigenvalue weighted by molar-refractivity contribution is 7.53. The highest BCUT2D eigenvalue weighted by Gasteiger charge is 2.45. The van der Waals surface area contributed by atoms with Gasteiger partial charge in [0, 0.05) is 29.2 Å². The molecule has 2 aromatic carbocycles. The Labute approximate surface area is 192 Å². The molecule has 0 radical (unpaired) electrons. The van der Waals surface area contributed by atoms with Gasteiger partial charge in [0.2, 0.25) is 0 Å². The molecule has 4 rings (SSSR count). The van der Waals surface area contributed by atoms with Gasteiger partial charge in [0.25, 0.3) is 5.91 Å². The number of amides is 1. The molecule has 170 valence electrons. The quantitative estimate of drug-likeness (QED) is 0.278. The number of pyridine rings is 1. The Morgan fingerprint density at radius 1 is 1.03 bits per heavy atom. The van der Waals surface area contributed by atoms with Crippen LogP contribution in [0.1, 0.15) is 37.8 Å². The van der Waals surface area contributed by atoms with Crippen LogP contribution in [-0.4, -0.2) is 20.7 Å². The summed E-state index contributed by atoms with van der Waals surface area (Å²) in [5, 5.41) is 4.70. The van der Waals surface area contributed by atoms with E-state index in [-0.39, 0.29) is 5.91 Å². The van der Waals surface area contributed by atoms with E-state index in [0.717, 1.165) is 11.1 Å². The van der Waals surface area contributed by atoms with Crippen LogP contribution in [0.5, 0.6) is 0 Å². The number of nitrogens with zero attached hydrogens (tertiary/aromatic N) is 1. The molecule has 1 amide bonds. The van der Waals surface area contributed by atoms with Crippen molar-refractivity contribution in [2.24, 2.45) is 0 Å². The zero-order valence-corrected chi connectivity index (χ0v) is 19.3. The summed E-state index contributed by atoms with van der Waals surface area (Å²) in [6.07, 6.45) is 4.03. The fraction of sp³-hybridized carbons (Fsp3) is 0.200. The predicted octanol–water partition coefficient (Wildman–Crippen LogP) is 5.35. The minimum absolute atomic E-state index is 0.246. The second-order valence-corrected chi connectivity index (χ2v) is 9.95. The second-order valence-electron chi connectivity index (χ2n) is 8.00. The van der Waals surface area contributed by atoms with Crippen molar-refractivity contribution in [2.75, 3.05) is 10.6 Å². The van der Waals surface area contributed by atoms with Gasteiger partial charge < -0.3 is 20.4 Å². The molecular weight excluding hydrogens is 437 g/mol. The first-order chi connectivity index (χ1) is 15.8. The molecule has 1 aliphatic heterocycles. The molecule has 2 heterocycles. The van der Waals surface area contributed by atoms with E-state index < -0.39 is 12.8 Å². The summed E-state index contributed by atoms with van der Waals surface area (Å²) in [6, 6.07) is 18.7. The third-order valence-electron chi connectivity index (χ3n) is 6.29. The molecule has 1 aromatic heterocycles. The van der Waals surface area contributed by atoms with E-state index in [1.54, 1.807) is 50.5 Å². The molecule has 33 heavy (non-hydrogen) atoms. The number of aromatic nitrogens is 1. The standard InChI is InChI=1S/C25H26N3O4P/c1-3-25(4-2,33(30,31)32)19-10-12-20(13-11-19)26-16-22-21-14-18(17-8-6-5-7-9-17)15-27-23(21)28-24(22)29/h5-16,26H,3-4H2,1-2H3,(H,27,28,29)(H2,30,31,32). The van der Waals surface area contributed by atoms with Gasteiger partial charge in [-0.15, -0.1) is 0 Å². The topological polar surface area (TPSA) is 112 Å². The number of carbonyl (C=O) groups excluding carboxylic acids is 1. The zero-order valence-electron chi connectivity index (χ0n) is 18.4. The van der Waals surface area contributed by atoms with E-state index >= 15 is 0 Å². The fourth-order valence-electron chi connectivity index (χ4n) is 4.27. The number of hydrogen-bond donors (Lipinski definition) is 4. The summed E-state index contributed by atoms with van der Waals surface area (Å²) in [4.78, 5) is 36.8. The van der Waals surface area contributed by atoms with Crippen LogP contribution in [0.4, 0.5) is 11.5 Å². The number of anilines is 2. The third kappa shape index (κ3) is 4.23. The van der Waals surface area contributed by atoms with Crippen molar-refractivity contribution in [1.82, 2.24) is 4.98 Å². The largest absolute Gasteiger partial charge is 0.361 e. The maximum Gasteiger partial charge on any atom is 0.335 e. The molecule has 8 heteroatoms. The third-order valence-corrected chi connectivity index (χ3v) is 8.30. The fourth-order valence-corrected chi connectivity index (χ4v) is 5.58. The van der Waals surface area contributed by atoms with Gasteiger partial charge in [0.15, 0.2) is 0 Å². The minimum Gasteiger partial charge on any atom is -0.361 e. The van der Waals surface area contributed by atoms with Crippen LogP contribution >= 0.6 is 7.60 Å². The molecule has 0 bridgehead atoms. The number of hydrogen-bond acceptors (Lipinski definition) is 4. The molecule has 3 aromatic rings. The molecule has 0 saturated carbocycles. The lowest BCUT2D eigenvalue weighted by Gasteiger charge is -2.33. The molecule has 0 atom stereocenters. The molecule has 0 saturated heterocycles. The van der Waals surface area contributed by atoms with Crippen LogP contribution in [0.2, 0.25) is 0 Å². The molecule has 0 aliphatic carbocycles. The van der Waals surface area contributed by atoms with Crippen LogP contribution < -0.4 is 10.6 Å². The van der Waals surface area contributed by atoms with Crippen LogP contribution in [0.25, 0.3) is 16.7 Å². The Hall–Kier alpha value is -3.25. The van der Waals surface area contributed by atoms with Gasteiger partial charge in [0.1, 0.15) is 5.82 Å². The SMILES string of the molecule is CCC(CC)(c1ccc(NC=C2C(=O)Nc3ncc(-c4ccccc4)cc32)cc1)P(=O)(O)O. The summed E-state index contributed by atoms with van der Waals surface area (Å²) in [7, 11) is -4.34.